The number of rotatable bonds is 6. The van der Waals surface area contributed by atoms with Crippen LogP contribution in [0.3, 0.4) is 0 Å². The number of aliphatic imine (C=N–C) groups is 1. The molecule has 0 aliphatic heterocycles. The zero-order valence-electron chi connectivity index (χ0n) is 16.1. The van der Waals surface area contributed by atoms with E-state index in [0.29, 0.717) is 5.71 Å². The van der Waals surface area contributed by atoms with Crippen LogP contribution in [-0.2, 0) is 0 Å². The van der Waals surface area contributed by atoms with Gasteiger partial charge in [0.1, 0.15) is 10.7 Å². The summed E-state index contributed by atoms with van der Waals surface area (Å²) in [5, 5.41) is 2.83. The number of hydrogen-bond acceptors (Lipinski definition) is 5. The minimum Gasteiger partial charge on any atom is -0.453 e. The van der Waals surface area contributed by atoms with Crippen LogP contribution in [0.15, 0.2) is 101 Å². The van der Waals surface area contributed by atoms with Gasteiger partial charge in [-0.3, -0.25) is 0 Å². The van der Waals surface area contributed by atoms with Crippen LogP contribution < -0.4 is 4.74 Å². The van der Waals surface area contributed by atoms with Gasteiger partial charge in [-0.05, 0) is 17.3 Å². The molecule has 31 heavy (non-hydrogen) atoms. The molecule has 0 amide bonds. The second-order valence-electron chi connectivity index (χ2n) is 6.45. The quantitative estimate of drug-likeness (QED) is 0.239. The molecule has 152 valence electrons. The van der Waals surface area contributed by atoms with Crippen molar-refractivity contribution in [2.24, 2.45) is 10.2 Å². The minimum absolute atomic E-state index is 0.0358. The highest BCUT2D eigenvalue weighted by Crippen LogP contribution is 2.37. The topological polar surface area (TPSA) is 63.9 Å². The van der Waals surface area contributed by atoms with Gasteiger partial charge in [-0.15, -0.1) is 4.91 Å². The van der Waals surface area contributed by atoms with Crippen LogP contribution in [-0.4, -0.2) is 10.7 Å². The van der Waals surface area contributed by atoms with Crippen LogP contribution in [0.4, 0.5) is 15.9 Å². The molecule has 4 rings (SSSR count). The summed E-state index contributed by atoms with van der Waals surface area (Å²) >= 11 is 6.50. The lowest BCUT2D eigenvalue weighted by Crippen LogP contribution is -2.03. The van der Waals surface area contributed by atoms with E-state index in [9.17, 15) is 9.30 Å². The van der Waals surface area contributed by atoms with Gasteiger partial charge >= 0.3 is 0 Å². The van der Waals surface area contributed by atoms with Crippen molar-refractivity contribution < 1.29 is 9.13 Å². The van der Waals surface area contributed by atoms with Crippen molar-refractivity contribution in [3.63, 3.8) is 0 Å². The highest BCUT2D eigenvalue weighted by molar-refractivity contribution is 6.34. The number of hydrogen-bond donors (Lipinski definition) is 0. The Morgan fingerprint density at radius 2 is 1.52 bits per heavy atom. The van der Waals surface area contributed by atoms with Crippen molar-refractivity contribution >= 4 is 28.8 Å². The van der Waals surface area contributed by atoms with E-state index in [4.69, 9.17) is 21.3 Å². The Bertz CT molecular complexity index is 1210. The third-order valence-electron chi connectivity index (χ3n) is 4.39. The first-order valence-corrected chi connectivity index (χ1v) is 9.68. The Balaban J connectivity index is 1.75. The average Bonchev–Trinajstić information content (AvgIpc) is 2.82. The Morgan fingerprint density at radius 1 is 0.871 bits per heavy atom. The third-order valence-corrected chi connectivity index (χ3v) is 4.74. The average molecular weight is 432 g/mol. The lowest BCUT2D eigenvalue weighted by molar-refractivity contribution is 0.442. The van der Waals surface area contributed by atoms with E-state index >= 15 is 0 Å². The van der Waals surface area contributed by atoms with Crippen LogP contribution in [0.25, 0.3) is 0 Å². The van der Waals surface area contributed by atoms with Crippen LogP contribution in [0, 0.1) is 10.7 Å². The second kappa shape index (κ2) is 9.28. The first kappa shape index (κ1) is 20.4. The summed E-state index contributed by atoms with van der Waals surface area (Å²) in [6, 6.07) is 24.5. The molecule has 0 unspecified atom stereocenters. The van der Waals surface area contributed by atoms with Gasteiger partial charge in [0, 0.05) is 29.5 Å². The number of aromatic nitrogens is 1. The number of nitrogens with zero attached hydrogens (tertiary/aromatic N) is 3. The van der Waals surface area contributed by atoms with E-state index < -0.39 is 5.82 Å². The van der Waals surface area contributed by atoms with Crippen LogP contribution in [0.2, 0.25) is 5.02 Å². The second-order valence-corrected chi connectivity index (χ2v) is 6.83. The zero-order valence-corrected chi connectivity index (χ0v) is 16.8. The molecule has 5 nitrogen and oxygen atoms in total. The highest BCUT2D eigenvalue weighted by atomic mass is 35.5. The predicted octanol–water partition coefficient (Wildman–Crippen LogP) is 7.23. The van der Waals surface area contributed by atoms with E-state index in [0.717, 1.165) is 17.2 Å². The highest BCUT2D eigenvalue weighted by Gasteiger charge is 2.14. The molecule has 0 N–H and O–H groups in total. The molecule has 7 heteroatoms. The van der Waals surface area contributed by atoms with Gasteiger partial charge in [-0.1, -0.05) is 72.3 Å². The van der Waals surface area contributed by atoms with Gasteiger partial charge in [0.05, 0.1) is 5.71 Å². The number of pyridine rings is 1. The van der Waals surface area contributed by atoms with Crippen LogP contribution >= 0.6 is 11.6 Å². The Morgan fingerprint density at radius 3 is 2.10 bits per heavy atom. The Hall–Kier alpha value is -3.90. The Labute approximate surface area is 182 Å². The maximum Gasteiger partial charge on any atom is 0.175 e. The summed E-state index contributed by atoms with van der Waals surface area (Å²) < 4.78 is 19.8. The molecular formula is C24H15ClFN3O2. The molecule has 0 aliphatic carbocycles. The summed E-state index contributed by atoms with van der Waals surface area (Å²) in [6.07, 6.45) is 1.48. The van der Waals surface area contributed by atoms with E-state index in [1.165, 1.54) is 24.4 Å². The third kappa shape index (κ3) is 4.65. The van der Waals surface area contributed by atoms with Crippen molar-refractivity contribution in [1.29, 1.82) is 0 Å². The molecule has 0 bridgehead atoms. The summed E-state index contributed by atoms with van der Waals surface area (Å²) in [5.41, 5.74) is 2.42. The van der Waals surface area contributed by atoms with E-state index in [2.05, 4.69) is 10.2 Å². The molecule has 1 aromatic heterocycles. The number of benzene rings is 3. The normalized spacial score (nSPS) is 10.4. The minimum atomic E-state index is -0.732. The molecule has 0 radical (unpaired) electrons. The molecule has 4 aromatic rings. The molecule has 0 saturated heterocycles. The fourth-order valence-electron chi connectivity index (χ4n) is 2.91. The SMILES string of the molecule is O=Nc1ccc(Oc2ccnc(N=C(c3ccccc3)c3ccccc3)c2Cl)c(F)c1. The first-order chi connectivity index (χ1) is 15.2. The standard InChI is InChI=1S/C24H15ClFN3O2/c25-22-21(31-20-12-11-18(29-30)15-19(20)26)13-14-27-24(22)28-23(16-7-3-1-4-8-16)17-9-5-2-6-10-17/h1-15H. The molecular weight excluding hydrogens is 417 g/mol. The maximum absolute atomic E-state index is 14.2. The molecule has 1 heterocycles. The van der Waals surface area contributed by atoms with Gasteiger partial charge in [0.2, 0.25) is 0 Å². The summed E-state index contributed by atoms with van der Waals surface area (Å²) in [7, 11) is 0. The monoisotopic (exact) mass is 431 g/mol. The van der Waals surface area contributed by atoms with Gasteiger partial charge in [-0.2, -0.15) is 0 Å². The number of nitroso groups, excluding NO2 is 1. The first-order valence-electron chi connectivity index (χ1n) is 9.30. The van der Waals surface area contributed by atoms with Crippen molar-refractivity contribution in [2.75, 3.05) is 0 Å². The van der Waals surface area contributed by atoms with E-state index in [1.807, 2.05) is 60.7 Å². The number of halogens is 2. The van der Waals surface area contributed by atoms with E-state index in [-0.39, 0.29) is 28.0 Å². The van der Waals surface area contributed by atoms with Crippen molar-refractivity contribution in [3.05, 3.63) is 118 Å². The fraction of sp³-hybridized carbons (Fsp3) is 0. The van der Waals surface area contributed by atoms with Crippen LogP contribution in [0.1, 0.15) is 11.1 Å². The maximum atomic E-state index is 14.2. The molecule has 0 fully saturated rings. The Kier molecular flexibility index (Phi) is 6.10. The van der Waals surface area contributed by atoms with Crippen molar-refractivity contribution in [1.82, 2.24) is 4.98 Å². The smallest absolute Gasteiger partial charge is 0.175 e. The molecule has 0 atom stereocenters. The fourth-order valence-corrected chi connectivity index (χ4v) is 3.11. The molecule has 3 aromatic carbocycles. The van der Waals surface area contributed by atoms with Crippen molar-refractivity contribution in [3.8, 4) is 11.5 Å². The van der Waals surface area contributed by atoms with Gasteiger partial charge in [0.15, 0.2) is 23.1 Å². The largest absolute Gasteiger partial charge is 0.453 e. The van der Waals surface area contributed by atoms with Gasteiger partial charge in [0.25, 0.3) is 0 Å². The van der Waals surface area contributed by atoms with E-state index in [1.54, 1.807) is 0 Å². The summed E-state index contributed by atoms with van der Waals surface area (Å²) in [4.78, 5) is 19.5. The zero-order chi connectivity index (χ0) is 21.6. The molecule has 0 saturated carbocycles. The lowest BCUT2D eigenvalue weighted by Gasteiger charge is -2.11. The predicted molar refractivity (Wildman–Crippen MR) is 119 cm³/mol. The van der Waals surface area contributed by atoms with Gasteiger partial charge in [-0.25, -0.2) is 14.4 Å². The summed E-state index contributed by atoms with van der Waals surface area (Å²) in [5.74, 6) is -0.416. The van der Waals surface area contributed by atoms with Gasteiger partial charge < -0.3 is 4.74 Å². The number of ether oxygens (including phenoxy) is 1. The lowest BCUT2D eigenvalue weighted by atomic mass is 10.0. The molecule has 0 spiro atoms. The molecule has 0 aliphatic rings. The van der Waals surface area contributed by atoms with Crippen LogP contribution in [0.5, 0.6) is 11.5 Å². The van der Waals surface area contributed by atoms with Crippen molar-refractivity contribution in [2.45, 2.75) is 0 Å². The summed E-state index contributed by atoms with van der Waals surface area (Å²) in [6.45, 7) is 0.